The van der Waals surface area contributed by atoms with Crippen molar-refractivity contribution in [3.8, 4) is 0 Å². The Labute approximate surface area is 89.7 Å². The summed E-state index contributed by atoms with van der Waals surface area (Å²) >= 11 is 0. The number of methoxy groups -OCH3 is 1. The highest BCUT2D eigenvalue weighted by molar-refractivity contribution is 5.77. The maximum absolute atomic E-state index is 11.5. The number of aryl methyl sites for hydroxylation is 1. The van der Waals surface area contributed by atoms with Gasteiger partial charge in [0.2, 0.25) is 0 Å². The Bertz CT molecular complexity index is 322. The van der Waals surface area contributed by atoms with Crippen LogP contribution in [-0.4, -0.2) is 24.6 Å². The molecular weight excluding hydrogens is 192 g/mol. The first kappa shape index (κ1) is 11.7. The zero-order chi connectivity index (χ0) is 11.3. The van der Waals surface area contributed by atoms with Crippen LogP contribution in [0.1, 0.15) is 24.2 Å². The summed E-state index contributed by atoms with van der Waals surface area (Å²) in [5.74, 6) is -0.289. The van der Waals surface area contributed by atoms with Gasteiger partial charge in [0, 0.05) is 11.9 Å². The highest BCUT2D eigenvalue weighted by atomic mass is 16.5. The van der Waals surface area contributed by atoms with E-state index in [0.29, 0.717) is 6.54 Å². The molecule has 0 bridgehead atoms. The van der Waals surface area contributed by atoms with Gasteiger partial charge in [0.15, 0.2) is 0 Å². The van der Waals surface area contributed by atoms with E-state index in [9.17, 15) is 4.79 Å². The Morgan fingerprint density at radius 3 is 2.80 bits per heavy atom. The van der Waals surface area contributed by atoms with Crippen molar-refractivity contribution >= 4 is 5.97 Å². The Kier molecular flexibility index (Phi) is 4.24. The van der Waals surface area contributed by atoms with Gasteiger partial charge in [-0.15, -0.1) is 0 Å². The van der Waals surface area contributed by atoms with Crippen molar-refractivity contribution in [1.29, 1.82) is 0 Å². The Morgan fingerprint density at radius 2 is 2.33 bits per heavy atom. The van der Waals surface area contributed by atoms with Gasteiger partial charge in [-0.25, -0.2) is 4.79 Å². The van der Waals surface area contributed by atoms with E-state index in [1.165, 1.54) is 7.11 Å². The fourth-order valence-corrected chi connectivity index (χ4v) is 1.31. The number of carbonyl (C=O) groups excluding carboxylic acids is 1. The first-order valence-electron chi connectivity index (χ1n) is 4.92. The van der Waals surface area contributed by atoms with E-state index < -0.39 is 6.04 Å². The van der Waals surface area contributed by atoms with Crippen LogP contribution < -0.4 is 5.32 Å². The number of nitrogens with zero attached hydrogens (tertiary/aromatic N) is 1. The van der Waals surface area contributed by atoms with Gasteiger partial charge >= 0.3 is 5.97 Å². The van der Waals surface area contributed by atoms with Crippen LogP contribution in [0.2, 0.25) is 0 Å². The molecule has 82 valence electrons. The van der Waals surface area contributed by atoms with E-state index in [-0.39, 0.29) is 5.97 Å². The number of nitrogens with one attached hydrogen (secondary N) is 1. The Hall–Kier alpha value is -1.42. The summed E-state index contributed by atoms with van der Waals surface area (Å²) in [7, 11) is 1.38. The summed E-state index contributed by atoms with van der Waals surface area (Å²) in [4.78, 5) is 15.6. The fourth-order valence-electron chi connectivity index (χ4n) is 1.31. The number of likely N-dealkylation sites (N-methyl/N-ethyl adjacent to an activating group) is 1. The molecule has 15 heavy (non-hydrogen) atoms. The lowest BCUT2D eigenvalue weighted by molar-refractivity contribution is -0.143. The zero-order valence-corrected chi connectivity index (χ0v) is 9.28. The number of rotatable bonds is 4. The van der Waals surface area contributed by atoms with Crippen molar-refractivity contribution in [2.24, 2.45) is 0 Å². The average molecular weight is 208 g/mol. The van der Waals surface area contributed by atoms with Crippen LogP contribution in [0.5, 0.6) is 0 Å². The van der Waals surface area contributed by atoms with Crippen molar-refractivity contribution in [2.75, 3.05) is 13.7 Å². The quantitative estimate of drug-likeness (QED) is 0.756. The minimum atomic E-state index is -0.423. The molecule has 0 saturated carbocycles. The summed E-state index contributed by atoms with van der Waals surface area (Å²) < 4.78 is 4.72. The third-order valence-electron chi connectivity index (χ3n) is 2.11. The van der Waals surface area contributed by atoms with Gasteiger partial charge in [0.05, 0.1) is 7.11 Å². The van der Waals surface area contributed by atoms with Gasteiger partial charge in [-0.05, 0) is 25.1 Å². The second-order valence-electron chi connectivity index (χ2n) is 3.25. The van der Waals surface area contributed by atoms with E-state index in [1.807, 2.05) is 26.0 Å². The molecule has 0 aromatic carbocycles. The number of pyridine rings is 1. The Balaban J connectivity index is 2.88. The molecule has 1 N–H and O–H groups in total. The summed E-state index contributed by atoms with van der Waals surface area (Å²) in [5.41, 5.74) is 1.76. The number of hydrogen-bond donors (Lipinski definition) is 1. The summed E-state index contributed by atoms with van der Waals surface area (Å²) in [6.07, 6.45) is 1.69. The van der Waals surface area contributed by atoms with Crippen molar-refractivity contribution in [1.82, 2.24) is 10.3 Å². The van der Waals surface area contributed by atoms with Crippen LogP contribution in [0.15, 0.2) is 18.3 Å². The van der Waals surface area contributed by atoms with Crippen molar-refractivity contribution < 1.29 is 9.53 Å². The van der Waals surface area contributed by atoms with Crippen molar-refractivity contribution in [3.63, 3.8) is 0 Å². The monoisotopic (exact) mass is 208 g/mol. The van der Waals surface area contributed by atoms with Crippen molar-refractivity contribution in [3.05, 3.63) is 29.6 Å². The van der Waals surface area contributed by atoms with E-state index >= 15 is 0 Å². The number of hydrogen-bond acceptors (Lipinski definition) is 4. The number of aromatic nitrogens is 1. The molecule has 1 aromatic heterocycles. The van der Waals surface area contributed by atoms with Crippen LogP contribution in [0.4, 0.5) is 0 Å². The van der Waals surface area contributed by atoms with Crippen molar-refractivity contribution in [2.45, 2.75) is 19.9 Å². The number of ether oxygens (including phenoxy) is 1. The third kappa shape index (κ3) is 3.02. The lowest BCUT2D eigenvalue weighted by Crippen LogP contribution is -2.29. The van der Waals surface area contributed by atoms with Gasteiger partial charge < -0.3 is 10.1 Å². The number of carbonyl (C=O) groups is 1. The molecule has 4 heteroatoms. The molecule has 0 fully saturated rings. The highest BCUT2D eigenvalue weighted by Crippen LogP contribution is 2.13. The third-order valence-corrected chi connectivity index (χ3v) is 2.11. The summed E-state index contributed by atoms with van der Waals surface area (Å²) in [6, 6.07) is 3.34. The van der Waals surface area contributed by atoms with E-state index in [2.05, 4.69) is 10.3 Å². The van der Waals surface area contributed by atoms with E-state index in [1.54, 1.807) is 6.20 Å². The van der Waals surface area contributed by atoms with Gasteiger partial charge in [-0.2, -0.15) is 0 Å². The standard InChI is InChI=1S/C11H16N2O2/c1-4-12-10(11(14)15-3)9-6-5-8(2)13-7-9/h5-7,10,12H,4H2,1-3H3. The zero-order valence-electron chi connectivity index (χ0n) is 9.28. The summed E-state index contributed by atoms with van der Waals surface area (Å²) in [5, 5.41) is 3.05. The van der Waals surface area contributed by atoms with Crippen LogP contribution >= 0.6 is 0 Å². The Morgan fingerprint density at radius 1 is 1.60 bits per heavy atom. The molecule has 0 aliphatic rings. The SMILES string of the molecule is CCNC(C(=O)OC)c1ccc(C)nc1. The number of esters is 1. The fraction of sp³-hybridized carbons (Fsp3) is 0.455. The van der Waals surface area contributed by atoms with E-state index in [4.69, 9.17) is 4.74 Å². The summed E-state index contributed by atoms with van der Waals surface area (Å²) in [6.45, 7) is 4.55. The predicted octanol–water partition coefficient (Wildman–Crippen LogP) is 1.21. The highest BCUT2D eigenvalue weighted by Gasteiger charge is 2.19. The van der Waals surface area contributed by atoms with Gasteiger partial charge in [0.25, 0.3) is 0 Å². The lowest BCUT2D eigenvalue weighted by Gasteiger charge is -2.15. The van der Waals surface area contributed by atoms with Gasteiger partial charge in [0.1, 0.15) is 6.04 Å². The topological polar surface area (TPSA) is 51.2 Å². The molecule has 0 aliphatic heterocycles. The molecule has 0 saturated heterocycles. The molecule has 0 aliphatic carbocycles. The second-order valence-corrected chi connectivity index (χ2v) is 3.25. The normalized spacial score (nSPS) is 12.2. The molecule has 4 nitrogen and oxygen atoms in total. The molecule has 0 spiro atoms. The predicted molar refractivity (Wildman–Crippen MR) is 57.4 cm³/mol. The van der Waals surface area contributed by atoms with Crippen LogP contribution in [0.3, 0.4) is 0 Å². The molecule has 0 radical (unpaired) electrons. The minimum Gasteiger partial charge on any atom is -0.468 e. The second kappa shape index (κ2) is 5.46. The lowest BCUT2D eigenvalue weighted by atomic mass is 10.1. The van der Waals surface area contributed by atoms with Crippen LogP contribution in [0.25, 0.3) is 0 Å². The van der Waals surface area contributed by atoms with Crippen LogP contribution in [0, 0.1) is 6.92 Å². The molecule has 1 unspecified atom stereocenters. The smallest absolute Gasteiger partial charge is 0.327 e. The maximum atomic E-state index is 11.5. The molecular formula is C11H16N2O2. The minimum absolute atomic E-state index is 0.289. The van der Waals surface area contributed by atoms with E-state index in [0.717, 1.165) is 11.3 Å². The molecule has 0 amide bonds. The molecule has 1 heterocycles. The molecule has 1 atom stereocenters. The molecule has 1 rings (SSSR count). The van der Waals surface area contributed by atoms with Gasteiger partial charge in [-0.3, -0.25) is 4.98 Å². The first-order chi connectivity index (χ1) is 7.19. The largest absolute Gasteiger partial charge is 0.468 e. The van der Waals surface area contributed by atoms with Crippen LogP contribution in [-0.2, 0) is 9.53 Å². The first-order valence-corrected chi connectivity index (χ1v) is 4.92. The maximum Gasteiger partial charge on any atom is 0.327 e. The molecule has 1 aromatic rings. The van der Waals surface area contributed by atoms with Gasteiger partial charge in [-0.1, -0.05) is 13.0 Å². The average Bonchev–Trinajstić information content (AvgIpc) is 2.26.